The number of rotatable bonds is 3. The van der Waals surface area contributed by atoms with E-state index in [-0.39, 0.29) is 22.7 Å². The number of pyridine rings is 1. The quantitative estimate of drug-likeness (QED) is 0.768. The molecule has 23 heavy (non-hydrogen) atoms. The number of carbonyl (C=O) groups excluding carboxylic acids is 1. The van der Waals surface area contributed by atoms with E-state index in [2.05, 4.69) is 15.4 Å². The summed E-state index contributed by atoms with van der Waals surface area (Å²) in [6, 6.07) is 6.31. The van der Waals surface area contributed by atoms with Crippen LogP contribution in [-0.4, -0.2) is 25.8 Å². The Morgan fingerprint density at radius 3 is 2.78 bits per heavy atom. The Morgan fingerprint density at radius 1 is 1.30 bits per heavy atom. The lowest BCUT2D eigenvalue weighted by atomic mass is 10.2. The van der Waals surface area contributed by atoms with Crippen molar-refractivity contribution in [2.75, 3.05) is 5.32 Å². The van der Waals surface area contributed by atoms with Gasteiger partial charge in [0.2, 0.25) is 0 Å². The third-order valence-electron chi connectivity index (χ3n) is 3.39. The van der Waals surface area contributed by atoms with Gasteiger partial charge in [-0.05, 0) is 38.1 Å². The van der Waals surface area contributed by atoms with Gasteiger partial charge in [-0.25, -0.2) is 9.67 Å². The van der Waals surface area contributed by atoms with Gasteiger partial charge in [-0.1, -0.05) is 11.6 Å². The average Bonchev–Trinajstić information content (AvgIpc) is 2.93. The van der Waals surface area contributed by atoms with Crippen molar-refractivity contribution in [2.24, 2.45) is 0 Å². The number of phenolic OH excluding ortho intramolecular Hbond substituents is 1. The Hall–Kier alpha value is -2.60. The minimum absolute atomic E-state index is 0.0626. The summed E-state index contributed by atoms with van der Waals surface area (Å²) >= 11 is 5.82. The summed E-state index contributed by atoms with van der Waals surface area (Å²) in [5.74, 6) is -0.392. The standard InChI is InChI=1S/C16H15ClN4O2/c1-9(2)21-15-11(7-19-21)5-12(8-18-15)20-16(23)10-3-4-14(22)13(17)6-10/h3-9,22H,1-2H3,(H,20,23). The zero-order chi connectivity index (χ0) is 16.6. The number of carbonyl (C=O) groups is 1. The summed E-state index contributed by atoms with van der Waals surface area (Å²) in [5, 5.41) is 17.4. The minimum atomic E-state index is -0.329. The Balaban J connectivity index is 1.86. The molecule has 0 aliphatic carbocycles. The molecule has 7 heteroatoms. The van der Waals surface area contributed by atoms with Gasteiger partial charge < -0.3 is 10.4 Å². The van der Waals surface area contributed by atoms with E-state index in [1.807, 2.05) is 24.6 Å². The van der Waals surface area contributed by atoms with Gasteiger partial charge in [0.15, 0.2) is 5.65 Å². The first-order valence-corrected chi connectivity index (χ1v) is 7.46. The molecule has 0 bridgehead atoms. The molecule has 0 aliphatic heterocycles. The lowest BCUT2D eigenvalue weighted by molar-refractivity contribution is 0.102. The maximum Gasteiger partial charge on any atom is 0.255 e. The number of phenols is 1. The van der Waals surface area contributed by atoms with E-state index in [1.165, 1.54) is 18.2 Å². The fourth-order valence-corrected chi connectivity index (χ4v) is 2.42. The number of nitrogens with one attached hydrogen (secondary N) is 1. The van der Waals surface area contributed by atoms with Crippen LogP contribution >= 0.6 is 11.6 Å². The topological polar surface area (TPSA) is 80.0 Å². The van der Waals surface area contributed by atoms with Gasteiger partial charge in [-0.2, -0.15) is 5.10 Å². The van der Waals surface area contributed by atoms with Crippen LogP contribution in [0.2, 0.25) is 5.02 Å². The number of halogens is 1. The largest absolute Gasteiger partial charge is 0.506 e. The van der Waals surface area contributed by atoms with Gasteiger partial charge in [-0.3, -0.25) is 4.79 Å². The van der Waals surface area contributed by atoms with Crippen LogP contribution in [0.1, 0.15) is 30.2 Å². The zero-order valence-electron chi connectivity index (χ0n) is 12.6. The SMILES string of the molecule is CC(C)n1ncc2cc(NC(=O)c3ccc(O)c(Cl)c3)cnc21. The Labute approximate surface area is 137 Å². The van der Waals surface area contributed by atoms with Crippen LogP contribution < -0.4 is 5.32 Å². The average molecular weight is 331 g/mol. The maximum atomic E-state index is 12.2. The van der Waals surface area contributed by atoms with Crippen molar-refractivity contribution < 1.29 is 9.90 Å². The molecule has 1 amide bonds. The predicted molar refractivity (Wildman–Crippen MR) is 89.0 cm³/mol. The zero-order valence-corrected chi connectivity index (χ0v) is 13.4. The molecule has 118 valence electrons. The molecule has 6 nitrogen and oxygen atoms in total. The van der Waals surface area contributed by atoms with Crippen LogP contribution in [-0.2, 0) is 0 Å². The summed E-state index contributed by atoms with van der Waals surface area (Å²) in [5.41, 5.74) is 1.69. The Bertz CT molecular complexity index is 889. The molecule has 3 aromatic rings. The minimum Gasteiger partial charge on any atom is -0.506 e. The summed E-state index contributed by atoms with van der Waals surface area (Å²) in [6.07, 6.45) is 3.30. The molecule has 0 unspecified atom stereocenters. The number of amides is 1. The number of fused-ring (bicyclic) bond motifs is 1. The summed E-state index contributed by atoms with van der Waals surface area (Å²) in [4.78, 5) is 16.6. The van der Waals surface area contributed by atoms with Gasteiger partial charge in [0.05, 0.1) is 23.1 Å². The molecule has 0 aliphatic rings. The molecule has 0 saturated carbocycles. The van der Waals surface area contributed by atoms with Gasteiger partial charge >= 0.3 is 0 Å². The number of nitrogens with zero attached hydrogens (tertiary/aromatic N) is 3. The number of hydrogen-bond donors (Lipinski definition) is 2. The van der Waals surface area contributed by atoms with Crippen molar-refractivity contribution in [2.45, 2.75) is 19.9 Å². The molecule has 0 radical (unpaired) electrons. The maximum absolute atomic E-state index is 12.2. The molecule has 3 rings (SSSR count). The third kappa shape index (κ3) is 2.98. The summed E-state index contributed by atoms with van der Waals surface area (Å²) in [6.45, 7) is 4.05. The van der Waals surface area contributed by atoms with Crippen LogP contribution in [0, 0.1) is 0 Å². The van der Waals surface area contributed by atoms with Crippen LogP contribution in [0.15, 0.2) is 36.7 Å². The van der Waals surface area contributed by atoms with E-state index >= 15 is 0 Å². The smallest absolute Gasteiger partial charge is 0.255 e. The van der Waals surface area contributed by atoms with E-state index in [9.17, 15) is 9.90 Å². The molecule has 2 N–H and O–H groups in total. The van der Waals surface area contributed by atoms with E-state index in [0.717, 1.165) is 11.0 Å². The van der Waals surface area contributed by atoms with Crippen molar-refractivity contribution in [1.82, 2.24) is 14.8 Å². The molecule has 2 aromatic heterocycles. The Kier molecular flexibility index (Phi) is 3.92. The molecule has 0 saturated heterocycles. The van der Waals surface area contributed by atoms with Gasteiger partial charge in [0, 0.05) is 17.0 Å². The second-order valence-corrected chi connectivity index (χ2v) is 5.85. The van der Waals surface area contributed by atoms with Crippen LogP contribution in [0.4, 0.5) is 5.69 Å². The van der Waals surface area contributed by atoms with E-state index in [0.29, 0.717) is 11.3 Å². The van der Waals surface area contributed by atoms with E-state index < -0.39 is 0 Å². The van der Waals surface area contributed by atoms with Crippen LogP contribution in [0.3, 0.4) is 0 Å². The summed E-state index contributed by atoms with van der Waals surface area (Å²) < 4.78 is 1.82. The van der Waals surface area contributed by atoms with Gasteiger partial charge in [0.1, 0.15) is 5.75 Å². The lowest BCUT2D eigenvalue weighted by Crippen LogP contribution is -2.12. The molecule has 0 spiro atoms. The highest BCUT2D eigenvalue weighted by Gasteiger charge is 2.11. The molecule has 0 fully saturated rings. The molecule has 2 heterocycles. The highest BCUT2D eigenvalue weighted by Crippen LogP contribution is 2.24. The number of hydrogen-bond acceptors (Lipinski definition) is 4. The number of benzene rings is 1. The monoisotopic (exact) mass is 330 g/mol. The first-order valence-electron chi connectivity index (χ1n) is 7.09. The molecule has 0 atom stereocenters. The molecular formula is C16H15ClN4O2. The van der Waals surface area contributed by atoms with Crippen LogP contribution in [0.5, 0.6) is 5.75 Å². The first-order chi connectivity index (χ1) is 11.0. The van der Waals surface area contributed by atoms with Gasteiger partial charge in [0.25, 0.3) is 5.91 Å². The fraction of sp³-hybridized carbons (Fsp3) is 0.188. The highest BCUT2D eigenvalue weighted by atomic mass is 35.5. The predicted octanol–water partition coefficient (Wildman–Crippen LogP) is 3.62. The van der Waals surface area contributed by atoms with Gasteiger partial charge in [-0.15, -0.1) is 0 Å². The Morgan fingerprint density at radius 2 is 2.09 bits per heavy atom. The van der Waals surface area contributed by atoms with Crippen molar-refractivity contribution >= 4 is 34.2 Å². The first kappa shape index (κ1) is 15.3. The normalized spacial score (nSPS) is 11.1. The van der Waals surface area contributed by atoms with Crippen molar-refractivity contribution in [1.29, 1.82) is 0 Å². The second kappa shape index (κ2) is 5.89. The van der Waals surface area contributed by atoms with Crippen molar-refractivity contribution in [3.63, 3.8) is 0 Å². The number of aromatic nitrogens is 3. The summed E-state index contributed by atoms with van der Waals surface area (Å²) in [7, 11) is 0. The third-order valence-corrected chi connectivity index (χ3v) is 3.69. The number of aromatic hydroxyl groups is 1. The fourth-order valence-electron chi connectivity index (χ4n) is 2.24. The highest BCUT2D eigenvalue weighted by molar-refractivity contribution is 6.32. The van der Waals surface area contributed by atoms with Crippen LogP contribution in [0.25, 0.3) is 11.0 Å². The van der Waals surface area contributed by atoms with E-state index in [4.69, 9.17) is 11.6 Å². The van der Waals surface area contributed by atoms with Crippen molar-refractivity contribution in [3.8, 4) is 5.75 Å². The second-order valence-electron chi connectivity index (χ2n) is 5.44. The van der Waals surface area contributed by atoms with E-state index in [1.54, 1.807) is 12.4 Å². The molecular weight excluding hydrogens is 316 g/mol. The molecule has 1 aromatic carbocycles. The lowest BCUT2D eigenvalue weighted by Gasteiger charge is -2.08. The number of anilines is 1. The van der Waals surface area contributed by atoms with Crippen molar-refractivity contribution in [3.05, 3.63) is 47.2 Å².